The van der Waals surface area contributed by atoms with Crippen molar-refractivity contribution in [3.05, 3.63) is 72.9 Å². The fraction of sp³-hybridized carbons (Fsp3) is 0.292. The molecule has 0 bridgehead atoms. The number of rotatable bonds is 6. The van der Waals surface area contributed by atoms with E-state index in [2.05, 4.69) is 26.2 Å². The Morgan fingerprint density at radius 3 is 2.54 bits per heavy atom. The van der Waals surface area contributed by atoms with Crippen LogP contribution in [0, 0.1) is 0 Å². The first-order valence-corrected chi connectivity index (χ1v) is 12.6. The summed E-state index contributed by atoms with van der Waals surface area (Å²) in [6, 6.07) is 9.85. The van der Waals surface area contributed by atoms with Crippen molar-refractivity contribution < 1.29 is 22.8 Å². The van der Waals surface area contributed by atoms with Gasteiger partial charge in [-0.05, 0) is 36.4 Å². The fourth-order valence-electron chi connectivity index (χ4n) is 4.13. The van der Waals surface area contributed by atoms with Crippen LogP contribution >= 0.6 is 39.1 Å². The Balaban J connectivity index is 1.68. The van der Waals surface area contributed by atoms with E-state index in [0.717, 1.165) is 6.07 Å². The van der Waals surface area contributed by atoms with Gasteiger partial charge >= 0.3 is 0 Å². The number of benzene rings is 2. The molecule has 0 spiro atoms. The molecular weight excluding hydrogens is 600 g/mol. The second-order valence-corrected chi connectivity index (χ2v) is 10.1. The molecule has 0 radical (unpaired) electrons. The number of aromatic amines is 1. The summed E-state index contributed by atoms with van der Waals surface area (Å²) in [5.74, 6) is -1.41. The van der Waals surface area contributed by atoms with Gasteiger partial charge in [0.2, 0.25) is 11.5 Å². The minimum absolute atomic E-state index is 0.0357. The molecule has 2 N–H and O–H groups in total. The van der Waals surface area contributed by atoms with E-state index in [0.29, 0.717) is 32.6 Å². The normalized spacial score (nSPS) is 16.8. The van der Waals surface area contributed by atoms with E-state index in [9.17, 15) is 27.6 Å². The van der Waals surface area contributed by atoms with Crippen molar-refractivity contribution in [2.24, 2.45) is 0 Å². The van der Waals surface area contributed by atoms with E-state index >= 15 is 0 Å². The van der Waals surface area contributed by atoms with Crippen LogP contribution in [0.3, 0.4) is 0 Å². The number of carbonyl (C=O) groups excluding carboxylic acids is 2. The number of H-pyrrole nitrogens is 1. The second kappa shape index (κ2) is 11.3. The van der Waals surface area contributed by atoms with Gasteiger partial charge in [-0.15, -0.1) is 0 Å². The van der Waals surface area contributed by atoms with E-state index in [-0.39, 0.29) is 23.7 Å². The van der Waals surface area contributed by atoms with Gasteiger partial charge in [-0.3, -0.25) is 14.4 Å². The van der Waals surface area contributed by atoms with Crippen LogP contribution in [0.2, 0.25) is 10.0 Å². The van der Waals surface area contributed by atoms with Gasteiger partial charge in [-0.25, -0.2) is 13.2 Å². The van der Waals surface area contributed by atoms with Gasteiger partial charge in [0, 0.05) is 46.8 Å². The topological polar surface area (TPSA) is 85.5 Å². The van der Waals surface area contributed by atoms with Crippen molar-refractivity contribution in [3.8, 4) is 0 Å². The summed E-state index contributed by atoms with van der Waals surface area (Å²) in [6.45, 7) is -0.608. The first-order valence-electron chi connectivity index (χ1n) is 11.1. The monoisotopic (exact) mass is 618 g/mol. The number of alkyl halides is 3. The summed E-state index contributed by atoms with van der Waals surface area (Å²) in [6.07, 6.45) is -5.82. The molecule has 2 amide bonds. The quantitative estimate of drug-likeness (QED) is 0.421. The van der Waals surface area contributed by atoms with E-state index in [1.807, 2.05) is 0 Å². The summed E-state index contributed by atoms with van der Waals surface area (Å²) >= 11 is 15.5. The molecule has 4 rings (SSSR count). The molecule has 2 atom stereocenters. The van der Waals surface area contributed by atoms with Crippen LogP contribution < -0.4 is 15.8 Å². The predicted octanol–water partition coefficient (Wildman–Crippen LogP) is 4.65. The molecule has 1 aliphatic heterocycles. The zero-order valence-corrected chi connectivity index (χ0v) is 22.1. The molecule has 37 heavy (non-hydrogen) atoms. The molecule has 1 saturated heterocycles. The maximum Gasteiger partial charge on any atom is 0.271 e. The van der Waals surface area contributed by atoms with Crippen LogP contribution in [0.4, 0.5) is 18.9 Å². The lowest BCUT2D eigenvalue weighted by molar-refractivity contribution is -0.126. The predicted molar refractivity (Wildman–Crippen MR) is 140 cm³/mol. The van der Waals surface area contributed by atoms with Gasteiger partial charge in [-0.2, -0.15) is 0 Å². The third-order valence-electron chi connectivity index (χ3n) is 5.99. The van der Waals surface area contributed by atoms with Crippen molar-refractivity contribution in [1.29, 1.82) is 0 Å². The third kappa shape index (κ3) is 6.05. The Kier molecular flexibility index (Phi) is 8.35. The van der Waals surface area contributed by atoms with Gasteiger partial charge in [0.05, 0.1) is 22.2 Å². The van der Waals surface area contributed by atoms with Crippen LogP contribution in [-0.4, -0.2) is 66.5 Å². The van der Waals surface area contributed by atoms with Gasteiger partial charge in [0.15, 0.2) is 6.17 Å². The molecule has 196 valence electrons. The van der Waals surface area contributed by atoms with Crippen molar-refractivity contribution in [2.45, 2.75) is 18.6 Å². The number of piperazine rings is 1. The summed E-state index contributed by atoms with van der Waals surface area (Å²) in [7, 11) is 0. The molecule has 1 fully saturated rings. The molecule has 1 aliphatic rings. The highest BCUT2D eigenvalue weighted by Crippen LogP contribution is 2.29. The standard InChI is InChI=1S/C24H20BrCl2F3N4O3/c25-12-1-4-19-14(7-12)15(9-21(35)32-19)24(37)34-6-5-33(13-2-3-16(26)17(27)8-13)11-20(34)23(36)31-10-18(28)22(29)30/h1-4,7-9,18,20,22H,5-6,10-11H2,(H,31,36)(H,32,35). The number of nitrogens with one attached hydrogen (secondary N) is 2. The zero-order chi connectivity index (χ0) is 26.9. The number of pyridine rings is 1. The second-order valence-electron chi connectivity index (χ2n) is 8.39. The maximum atomic E-state index is 13.7. The number of aromatic nitrogens is 1. The Labute approximate surface area is 227 Å². The molecule has 13 heteroatoms. The van der Waals surface area contributed by atoms with Gasteiger partial charge < -0.3 is 20.1 Å². The first kappa shape index (κ1) is 27.3. The van der Waals surface area contributed by atoms with Crippen LogP contribution in [0.15, 0.2) is 51.7 Å². The lowest BCUT2D eigenvalue weighted by atomic mass is 10.0. The van der Waals surface area contributed by atoms with E-state index in [1.54, 1.807) is 41.3 Å². The van der Waals surface area contributed by atoms with E-state index in [1.165, 1.54) is 4.90 Å². The Morgan fingerprint density at radius 1 is 1.08 bits per heavy atom. The summed E-state index contributed by atoms with van der Waals surface area (Å²) in [4.78, 5) is 44.8. The largest absolute Gasteiger partial charge is 0.367 e. The van der Waals surface area contributed by atoms with Crippen LogP contribution in [0.25, 0.3) is 10.9 Å². The molecular formula is C24H20BrCl2F3N4O3. The van der Waals surface area contributed by atoms with Crippen LogP contribution in [0.1, 0.15) is 10.4 Å². The number of amides is 2. The van der Waals surface area contributed by atoms with Crippen LogP contribution in [0.5, 0.6) is 0 Å². The molecule has 0 aliphatic carbocycles. The Morgan fingerprint density at radius 2 is 1.84 bits per heavy atom. The van der Waals surface area contributed by atoms with Crippen molar-refractivity contribution in [2.75, 3.05) is 31.1 Å². The summed E-state index contributed by atoms with van der Waals surface area (Å²) < 4.78 is 39.5. The number of hydrogen-bond donors (Lipinski definition) is 2. The van der Waals surface area contributed by atoms with Gasteiger partial charge in [-0.1, -0.05) is 39.1 Å². The Hall–Kier alpha value is -2.76. The minimum atomic E-state index is -3.27. The lowest BCUT2D eigenvalue weighted by Gasteiger charge is -2.41. The molecule has 2 heterocycles. The molecule has 2 unspecified atom stereocenters. The lowest BCUT2D eigenvalue weighted by Crippen LogP contribution is -2.61. The zero-order valence-electron chi connectivity index (χ0n) is 19.0. The number of hydrogen-bond acceptors (Lipinski definition) is 4. The molecule has 2 aromatic carbocycles. The highest BCUT2D eigenvalue weighted by molar-refractivity contribution is 9.10. The Bertz CT molecular complexity index is 1410. The minimum Gasteiger partial charge on any atom is -0.367 e. The first-order chi connectivity index (χ1) is 17.5. The SMILES string of the molecule is O=C(NCC(F)C(F)F)C1CN(c2ccc(Cl)c(Cl)c2)CCN1C(=O)c1cc(=O)[nH]c2ccc(Br)cc12. The number of halogens is 6. The average molecular weight is 620 g/mol. The molecule has 7 nitrogen and oxygen atoms in total. The number of anilines is 1. The highest BCUT2D eigenvalue weighted by atomic mass is 79.9. The summed E-state index contributed by atoms with van der Waals surface area (Å²) in [5.41, 5.74) is 0.607. The van der Waals surface area contributed by atoms with Crippen molar-refractivity contribution in [3.63, 3.8) is 0 Å². The van der Waals surface area contributed by atoms with E-state index < -0.39 is 42.6 Å². The number of fused-ring (bicyclic) bond motifs is 1. The molecule has 0 saturated carbocycles. The van der Waals surface area contributed by atoms with Gasteiger partial charge in [0.1, 0.15) is 6.04 Å². The highest BCUT2D eigenvalue weighted by Gasteiger charge is 2.37. The number of nitrogens with zero attached hydrogens (tertiary/aromatic N) is 2. The fourth-order valence-corrected chi connectivity index (χ4v) is 4.78. The average Bonchev–Trinajstić information content (AvgIpc) is 2.87. The van der Waals surface area contributed by atoms with Crippen molar-refractivity contribution >= 4 is 67.5 Å². The smallest absolute Gasteiger partial charge is 0.271 e. The molecule has 1 aromatic heterocycles. The van der Waals surface area contributed by atoms with Crippen LogP contribution in [-0.2, 0) is 4.79 Å². The van der Waals surface area contributed by atoms with Gasteiger partial charge in [0.25, 0.3) is 12.3 Å². The van der Waals surface area contributed by atoms with Crippen molar-refractivity contribution in [1.82, 2.24) is 15.2 Å². The molecule has 3 aromatic rings. The van der Waals surface area contributed by atoms with E-state index in [4.69, 9.17) is 23.2 Å². The third-order valence-corrected chi connectivity index (χ3v) is 7.22. The summed E-state index contributed by atoms with van der Waals surface area (Å²) in [5, 5.41) is 3.26. The number of carbonyl (C=O) groups is 2. The maximum absolute atomic E-state index is 13.7.